The van der Waals surface area contributed by atoms with Crippen molar-refractivity contribution in [3.05, 3.63) is 23.8 Å². The van der Waals surface area contributed by atoms with Crippen LogP contribution in [0.15, 0.2) is 18.2 Å². The maximum absolute atomic E-state index is 12.9. The molecule has 140 valence electrons. The van der Waals surface area contributed by atoms with Crippen LogP contribution in [0, 0.1) is 5.92 Å². The maximum Gasteiger partial charge on any atom is 0.416 e. The number of halogens is 3. The van der Waals surface area contributed by atoms with Gasteiger partial charge in [-0.15, -0.1) is 0 Å². The summed E-state index contributed by atoms with van der Waals surface area (Å²) < 4.78 is 63.7. The summed E-state index contributed by atoms with van der Waals surface area (Å²) >= 11 is 0. The summed E-state index contributed by atoms with van der Waals surface area (Å²) in [6, 6.07) is 2.61. The quantitative estimate of drug-likeness (QED) is 0.750. The zero-order valence-corrected chi connectivity index (χ0v) is 14.6. The summed E-state index contributed by atoms with van der Waals surface area (Å²) in [5.41, 5.74) is -1.29. The lowest BCUT2D eigenvalue weighted by Crippen LogP contribution is -2.40. The van der Waals surface area contributed by atoms with Crippen molar-refractivity contribution >= 4 is 27.3 Å². The number of hydrogen-bond acceptors (Lipinski definition) is 4. The van der Waals surface area contributed by atoms with Gasteiger partial charge in [0.05, 0.1) is 23.2 Å². The maximum atomic E-state index is 12.9. The summed E-state index contributed by atoms with van der Waals surface area (Å²) in [4.78, 5) is 12.4. The minimum atomic E-state index is -4.60. The van der Waals surface area contributed by atoms with Gasteiger partial charge in [-0.3, -0.25) is 9.52 Å². The summed E-state index contributed by atoms with van der Waals surface area (Å²) in [5.74, 6) is -0.777. The Morgan fingerprint density at radius 1 is 1.28 bits per heavy atom. The number of alkyl halides is 3. The molecule has 3 N–H and O–H groups in total. The zero-order chi connectivity index (χ0) is 18.8. The van der Waals surface area contributed by atoms with Crippen LogP contribution in [0.5, 0.6) is 0 Å². The molecule has 0 spiro atoms. The highest BCUT2D eigenvalue weighted by Crippen LogP contribution is 2.34. The van der Waals surface area contributed by atoms with Gasteiger partial charge >= 0.3 is 6.18 Å². The molecular formula is C15H20F3N3O3S. The van der Waals surface area contributed by atoms with Gasteiger partial charge in [-0.25, -0.2) is 8.42 Å². The number of piperidine rings is 1. The van der Waals surface area contributed by atoms with Crippen LogP contribution in [0.25, 0.3) is 0 Å². The van der Waals surface area contributed by atoms with E-state index in [0.717, 1.165) is 24.5 Å². The topological polar surface area (TPSA) is 87.3 Å². The number of nitrogens with one attached hydrogen (secondary N) is 3. The van der Waals surface area contributed by atoms with E-state index in [0.29, 0.717) is 19.4 Å². The SMILES string of the molecule is C[C@H]1C[C@@H](C(=O)Nc2cc(C(F)(F)F)ccc2NS(C)(=O)=O)CCN1. The molecule has 0 saturated carbocycles. The van der Waals surface area contributed by atoms with Gasteiger partial charge in [-0.1, -0.05) is 0 Å². The van der Waals surface area contributed by atoms with Gasteiger partial charge in [0.25, 0.3) is 0 Å². The number of carbonyl (C=O) groups is 1. The highest BCUT2D eigenvalue weighted by molar-refractivity contribution is 7.92. The van der Waals surface area contributed by atoms with Gasteiger partial charge < -0.3 is 10.6 Å². The molecule has 1 amide bonds. The van der Waals surface area contributed by atoms with Crippen molar-refractivity contribution < 1.29 is 26.4 Å². The normalized spacial score (nSPS) is 21.6. The first-order chi connectivity index (χ1) is 11.5. The Balaban J connectivity index is 2.30. The van der Waals surface area contributed by atoms with Crippen molar-refractivity contribution in [3.8, 4) is 0 Å². The summed E-state index contributed by atoms with van der Waals surface area (Å²) in [6.45, 7) is 2.55. The first-order valence-corrected chi connectivity index (χ1v) is 9.58. The number of hydrogen-bond donors (Lipinski definition) is 3. The van der Waals surface area contributed by atoms with Crippen LogP contribution in [-0.2, 0) is 21.0 Å². The Labute approximate surface area is 144 Å². The molecular weight excluding hydrogens is 359 g/mol. The third kappa shape index (κ3) is 5.60. The van der Waals surface area contributed by atoms with Gasteiger partial charge in [-0.05, 0) is 44.5 Å². The van der Waals surface area contributed by atoms with Crippen LogP contribution in [0.2, 0.25) is 0 Å². The number of carbonyl (C=O) groups excluding carboxylic acids is 1. The minimum absolute atomic E-state index is 0.106. The van der Waals surface area contributed by atoms with Gasteiger partial charge in [0.15, 0.2) is 0 Å². The van der Waals surface area contributed by atoms with Crippen LogP contribution in [0.4, 0.5) is 24.5 Å². The largest absolute Gasteiger partial charge is 0.416 e. The summed E-state index contributed by atoms with van der Waals surface area (Å²) in [6.07, 6.45) is -2.61. The van der Waals surface area contributed by atoms with Crippen LogP contribution in [0.1, 0.15) is 25.3 Å². The summed E-state index contributed by atoms with van der Waals surface area (Å²) in [7, 11) is -3.71. The Morgan fingerprint density at radius 2 is 1.96 bits per heavy atom. The van der Waals surface area contributed by atoms with Crippen LogP contribution < -0.4 is 15.4 Å². The fourth-order valence-electron chi connectivity index (χ4n) is 2.72. The first-order valence-electron chi connectivity index (χ1n) is 7.69. The second-order valence-electron chi connectivity index (χ2n) is 6.20. The Hall–Kier alpha value is -1.81. The van der Waals surface area contributed by atoms with Crippen molar-refractivity contribution in [2.45, 2.75) is 32.0 Å². The van der Waals surface area contributed by atoms with E-state index in [2.05, 4.69) is 15.4 Å². The van der Waals surface area contributed by atoms with Crippen LogP contribution >= 0.6 is 0 Å². The third-order valence-corrected chi connectivity index (χ3v) is 4.49. The van der Waals surface area contributed by atoms with E-state index in [4.69, 9.17) is 0 Å². The molecule has 0 radical (unpaired) electrons. The van der Waals surface area contributed by atoms with Crippen molar-refractivity contribution in [2.75, 3.05) is 22.8 Å². The Kier molecular flexibility index (Phi) is 5.62. The molecule has 1 aliphatic heterocycles. The predicted octanol–water partition coefficient (Wildman–Crippen LogP) is 2.40. The summed E-state index contributed by atoms with van der Waals surface area (Å²) in [5, 5.41) is 5.62. The average Bonchev–Trinajstić information content (AvgIpc) is 2.46. The Morgan fingerprint density at radius 3 is 2.52 bits per heavy atom. The monoisotopic (exact) mass is 379 g/mol. The average molecular weight is 379 g/mol. The van der Waals surface area contributed by atoms with Crippen LogP contribution in [0.3, 0.4) is 0 Å². The zero-order valence-electron chi connectivity index (χ0n) is 13.8. The first kappa shape index (κ1) is 19.5. The van der Waals surface area contributed by atoms with Gasteiger partial charge in [0.2, 0.25) is 15.9 Å². The molecule has 2 rings (SSSR count). The molecule has 1 fully saturated rings. The smallest absolute Gasteiger partial charge is 0.324 e. The van der Waals surface area contributed by atoms with Gasteiger partial charge in [0.1, 0.15) is 0 Å². The van der Waals surface area contributed by atoms with Gasteiger partial charge in [0, 0.05) is 12.0 Å². The fraction of sp³-hybridized carbons (Fsp3) is 0.533. The number of amides is 1. The highest BCUT2D eigenvalue weighted by Gasteiger charge is 2.32. The van der Waals surface area contributed by atoms with Crippen molar-refractivity contribution in [3.63, 3.8) is 0 Å². The van der Waals surface area contributed by atoms with E-state index in [1.54, 1.807) is 0 Å². The Bertz CT molecular complexity index is 750. The van der Waals surface area contributed by atoms with Crippen molar-refractivity contribution in [1.29, 1.82) is 0 Å². The van der Waals surface area contributed by atoms with E-state index in [9.17, 15) is 26.4 Å². The van der Waals surface area contributed by atoms with Crippen molar-refractivity contribution in [2.24, 2.45) is 5.92 Å². The van der Waals surface area contributed by atoms with Crippen LogP contribution in [-0.4, -0.2) is 33.2 Å². The molecule has 1 saturated heterocycles. The number of sulfonamides is 1. The molecule has 1 heterocycles. The van der Waals surface area contributed by atoms with E-state index < -0.39 is 27.7 Å². The standard InChI is InChI=1S/C15H20F3N3O3S/c1-9-7-10(5-6-19-9)14(22)20-13-8-11(15(16,17)18)3-4-12(13)21-25(2,23)24/h3-4,8-10,19,21H,5-7H2,1-2H3,(H,20,22)/t9-,10-/m0/s1. The number of benzene rings is 1. The molecule has 1 aromatic carbocycles. The highest BCUT2D eigenvalue weighted by atomic mass is 32.2. The second-order valence-corrected chi connectivity index (χ2v) is 7.95. The molecule has 1 aliphatic rings. The van der Waals surface area contributed by atoms with Gasteiger partial charge in [-0.2, -0.15) is 13.2 Å². The molecule has 0 bridgehead atoms. The van der Waals surface area contributed by atoms with E-state index in [-0.39, 0.29) is 23.3 Å². The minimum Gasteiger partial charge on any atom is -0.324 e. The molecule has 10 heteroatoms. The second kappa shape index (κ2) is 7.20. The lowest BCUT2D eigenvalue weighted by molar-refractivity contribution is -0.137. The third-order valence-electron chi connectivity index (χ3n) is 3.89. The molecule has 2 atom stereocenters. The molecule has 6 nitrogen and oxygen atoms in total. The fourth-order valence-corrected chi connectivity index (χ4v) is 3.30. The molecule has 0 unspecified atom stereocenters. The predicted molar refractivity (Wildman–Crippen MR) is 88.7 cm³/mol. The lowest BCUT2D eigenvalue weighted by atomic mass is 9.92. The molecule has 0 aliphatic carbocycles. The lowest BCUT2D eigenvalue weighted by Gasteiger charge is -2.27. The molecule has 1 aromatic rings. The number of anilines is 2. The van der Waals surface area contributed by atoms with E-state index >= 15 is 0 Å². The van der Waals surface area contributed by atoms with E-state index in [1.165, 1.54) is 0 Å². The van der Waals surface area contributed by atoms with E-state index in [1.807, 2.05) is 6.92 Å². The molecule has 25 heavy (non-hydrogen) atoms. The number of rotatable bonds is 4. The van der Waals surface area contributed by atoms with Crippen molar-refractivity contribution in [1.82, 2.24) is 5.32 Å². The molecule has 0 aromatic heterocycles.